The fourth-order valence-corrected chi connectivity index (χ4v) is 3.19. The molecular formula is C20H31N3O2. The summed E-state index contributed by atoms with van der Waals surface area (Å²) in [5.41, 5.74) is 2.18. The zero-order valence-electron chi connectivity index (χ0n) is 15.8. The summed E-state index contributed by atoms with van der Waals surface area (Å²) in [6.07, 6.45) is 6.24. The van der Waals surface area contributed by atoms with E-state index in [0.29, 0.717) is 13.1 Å². The lowest BCUT2D eigenvalue weighted by Gasteiger charge is -2.33. The van der Waals surface area contributed by atoms with Crippen LogP contribution in [0.4, 0.5) is 10.5 Å². The van der Waals surface area contributed by atoms with Crippen LogP contribution in [0.3, 0.4) is 0 Å². The smallest absolute Gasteiger partial charge is 0.319 e. The van der Waals surface area contributed by atoms with E-state index in [1.807, 2.05) is 17.0 Å². The third kappa shape index (κ3) is 5.76. The number of rotatable bonds is 6. The van der Waals surface area contributed by atoms with E-state index in [1.54, 1.807) is 19.0 Å². The maximum absolute atomic E-state index is 12.4. The number of carbonyl (C=O) groups excluding carboxylic acids is 2. The molecule has 1 aliphatic heterocycles. The number of likely N-dealkylation sites (tertiary alicyclic amines) is 1. The van der Waals surface area contributed by atoms with Crippen LogP contribution < -0.4 is 5.32 Å². The zero-order valence-corrected chi connectivity index (χ0v) is 15.8. The molecule has 0 atom stereocenters. The molecule has 1 N–H and O–H groups in total. The highest BCUT2D eigenvalue weighted by molar-refractivity contribution is 5.92. The van der Waals surface area contributed by atoms with Crippen LogP contribution in [0.1, 0.15) is 44.6 Å². The van der Waals surface area contributed by atoms with Gasteiger partial charge in [0.25, 0.3) is 0 Å². The molecule has 138 valence electrons. The summed E-state index contributed by atoms with van der Waals surface area (Å²) in [4.78, 5) is 27.8. The number of aryl methyl sites for hydroxylation is 1. The Bertz CT molecular complexity index is 561. The minimum absolute atomic E-state index is 0.0181. The average molecular weight is 345 g/mol. The van der Waals surface area contributed by atoms with Crippen molar-refractivity contribution < 1.29 is 9.59 Å². The largest absolute Gasteiger partial charge is 0.331 e. The van der Waals surface area contributed by atoms with Crippen molar-refractivity contribution in [3.05, 3.63) is 29.8 Å². The summed E-state index contributed by atoms with van der Waals surface area (Å²) < 4.78 is 0. The summed E-state index contributed by atoms with van der Waals surface area (Å²) in [6.45, 7) is 3.50. The monoisotopic (exact) mass is 345 g/mol. The quantitative estimate of drug-likeness (QED) is 0.798. The van der Waals surface area contributed by atoms with E-state index in [-0.39, 0.29) is 17.9 Å². The van der Waals surface area contributed by atoms with E-state index in [0.717, 1.165) is 24.9 Å². The van der Waals surface area contributed by atoms with Gasteiger partial charge in [-0.2, -0.15) is 0 Å². The fourth-order valence-electron chi connectivity index (χ4n) is 3.19. The Labute approximate surface area is 151 Å². The van der Waals surface area contributed by atoms with E-state index in [4.69, 9.17) is 0 Å². The number of hydrogen-bond donors (Lipinski definition) is 1. The number of unbranched alkanes of at least 4 members (excludes halogenated alkanes) is 2. The Morgan fingerprint density at radius 2 is 1.76 bits per heavy atom. The van der Waals surface area contributed by atoms with Crippen molar-refractivity contribution in [1.82, 2.24) is 9.80 Å². The summed E-state index contributed by atoms with van der Waals surface area (Å²) in [7, 11) is 3.51. The van der Waals surface area contributed by atoms with Crippen LogP contribution in [-0.4, -0.2) is 48.9 Å². The number of carbonyl (C=O) groups is 2. The molecule has 0 aliphatic carbocycles. The Balaban J connectivity index is 1.79. The summed E-state index contributed by atoms with van der Waals surface area (Å²) >= 11 is 0. The van der Waals surface area contributed by atoms with Gasteiger partial charge in [0.05, 0.1) is 0 Å². The van der Waals surface area contributed by atoms with Gasteiger partial charge < -0.3 is 15.1 Å². The zero-order chi connectivity index (χ0) is 18.2. The van der Waals surface area contributed by atoms with E-state index in [2.05, 4.69) is 24.4 Å². The Morgan fingerprint density at radius 1 is 1.12 bits per heavy atom. The van der Waals surface area contributed by atoms with Gasteiger partial charge in [0.1, 0.15) is 0 Å². The number of piperidine rings is 1. The van der Waals surface area contributed by atoms with Gasteiger partial charge in [-0.3, -0.25) is 4.79 Å². The molecule has 25 heavy (non-hydrogen) atoms. The third-order valence-electron chi connectivity index (χ3n) is 4.81. The topological polar surface area (TPSA) is 52.7 Å². The number of benzene rings is 1. The first kappa shape index (κ1) is 19.3. The minimum atomic E-state index is -0.0181. The molecule has 2 rings (SSSR count). The second-order valence-electron chi connectivity index (χ2n) is 7.08. The normalized spacial score (nSPS) is 15.1. The molecule has 0 radical (unpaired) electrons. The molecule has 0 bridgehead atoms. The molecule has 5 heteroatoms. The van der Waals surface area contributed by atoms with E-state index in [1.165, 1.54) is 24.8 Å². The fraction of sp³-hybridized carbons (Fsp3) is 0.600. The number of nitrogens with one attached hydrogen (secondary N) is 1. The average Bonchev–Trinajstić information content (AvgIpc) is 2.62. The van der Waals surface area contributed by atoms with E-state index in [9.17, 15) is 9.59 Å². The molecular weight excluding hydrogens is 314 g/mol. The van der Waals surface area contributed by atoms with Crippen LogP contribution in [0, 0.1) is 5.92 Å². The number of amides is 3. The van der Waals surface area contributed by atoms with Gasteiger partial charge in [0.15, 0.2) is 0 Å². The molecule has 1 fully saturated rings. The van der Waals surface area contributed by atoms with Crippen molar-refractivity contribution in [3.8, 4) is 0 Å². The standard InChI is InChI=1S/C20H31N3O2/c1-4-5-6-7-16-8-10-18(11-9-16)21-19(24)17-12-14-23(15-13-17)20(25)22(2)3/h8-11,17H,4-7,12-15H2,1-3H3,(H,21,24). The van der Waals surface area contributed by atoms with Crippen LogP contribution in [0.5, 0.6) is 0 Å². The van der Waals surface area contributed by atoms with Crippen molar-refractivity contribution in [2.24, 2.45) is 5.92 Å². The van der Waals surface area contributed by atoms with Gasteiger partial charge in [-0.15, -0.1) is 0 Å². The first-order chi connectivity index (χ1) is 12.0. The van der Waals surface area contributed by atoms with Crippen molar-refractivity contribution in [3.63, 3.8) is 0 Å². The number of hydrogen-bond acceptors (Lipinski definition) is 2. The van der Waals surface area contributed by atoms with E-state index >= 15 is 0 Å². The third-order valence-corrected chi connectivity index (χ3v) is 4.81. The van der Waals surface area contributed by atoms with Crippen LogP contribution in [0.15, 0.2) is 24.3 Å². The highest BCUT2D eigenvalue weighted by Gasteiger charge is 2.27. The summed E-state index contributed by atoms with van der Waals surface area (Å²) in [5, 5.41) is 3.02. The first-order valence-electron chi connectivity index (χ1n) is 9.37. The highest BCUT2D eigenvalue weighted by Crippen LogP contribution is 2.20. The van der Waals surface area contributed by atoms with Gasteiger partial charge in [-0.05, 0) is 43.4 Å². The molecule has 5 nitrogen and oxygen atoms in total. The molecule has 1 saturated heterocycles. The van der Waals surface area contributed by atoms with Gasteiger partial charge in [0.2, 0.25) is 5.91 Å². The second-order valence-corrected chi connectivity index (χ2v) is 7.08. The van der Waals surface area contributed by atoms with Crippen LogP contribution in [0.25, 0.3) is 0 Å². The number of anilines is 1. The second kappa shape index (κ2) is 9.44. The highest BCUT2D eigenvalue weighted by atomic mass is 16.2. The van der Waals surface area contributed by atoms with Crippen molar-refractivity contribution in [2.75, 3.05) is 32.5 Å². The summed E-state index contributed by atoms with van der Waals surface area (Å²) in [5.74, 6) is 0.0473. The van der Waals surface area contributed by atoms with Crippen LogP contribution >= 0.6 is 0 Å². The summed E-state index contributed by atoms with van der Waals surface area (Å²) in [6, 6.07) is 8.21. The minimum Gasteiger partial charge on any atom is -0.331 e. The lowest BCUT2D eigenvalue weighted by molar-refractivity contribution is -0.121. The van der Waals surface area contributed by atoms with Crippen LogP contribution in [0.2, 0.25) is 0 Å². The molecule has 1 aliphatic rings. The Hall–Kier alpha value is -2.04. The molecule has 0 spiro atoms. The number of nitrogens with zero attached hydrogens (tertiary/aromatic N) is 2. The maximum Gasteiger partial charge on any atom is 0.319 e. The van der Waals surface area contributed by atoms with E-state index < -0.39 is 0 Å². The first-order valence-corrected chi connectivity index (χ1v) is 9.37. The predicted molar refractivity (Wildman–Crippen MR) is 102 cm³/mol. The molecule has 1 aromatic carbocycles. The van der Waals surface area contributed by atoms with Gasteiger partial charge in [-0.1, -0.05) is 31.9 Å². The van der Waals surface area contributed by atoms with Crippen LogP contribution in [-0.2, 0) is 11.2 Å². The lowest BCUT2D eigenvalue weighted by atomic mass is 9.96. The number of urea groups is 1. The van der Waals surface area contributed by atoms with Gasteiger partial charge in [0, 0.05) is 38.8 Å². The molecule has 1 heterocycles. The van der Waals surface area contributed by atoms with Crippen molar-refractivity contribution in [2.45, 2.75) is 45.4 Å². The molecule has 0 aromatic heterocycles. The Kier molecular flexibility index (Phi) is 7.29. The van der Waals surface area contributed by atoms with Gasteiger partial charge in [-0.25, -0.2) is 4.79 Å². The Morgan fingerprint density at radius 3 is 2.32 bits per heavy atom. The molecule has 0 unspecified atom stereocenters. The van der Waals surface area contributed by atoms with Crippen molar-refractivity contribution >= 4 is 17.6 Å². The SMILES string of the molecule is CCCCCc1ccc(NC(=O)C2CCN(C(=O)N(C)C)CC2)cc1. The molecule has 3 amide bonds. The maximum atomic E-state index is 12.4. The van der Waals surface area contributed by atoms with Crippen molar-refractivity contribution in [1.29, 1.82) is 0 Å². The lowest BCUT2D eigenvalue weighted by Crippen LogP contribution is -2.45. The van der Waals surface area contributed by atoms with Gasteiger partial charge >= 0.3 is 6.03 Å². The predicted octanol–water partition coefficient (Wildman–Crippen LogP) is 3.75. The molecule has 0 saturated carbocycles. The molecule has 1 aromatic rings.